The fourth-order valence-electron chi connectivity index (χ4n) is 1.60. The molecule has 0 aliphatic carbocycles. The molecule has 0 spiro atoms. The van der Waals surface area contributed by atoms with Crippen molar-refractivity contribution < 1.29 is 17.0 Å². The van der Waals surface area contributed by atoms with E-state index in [1.165, 1.54) is 4.57 Å². The average molecular weight is 249 g/mol. The summed E-state index contributed by atoms with van der Waals surface area (Å²) < 4.78 is 40.9. The molecule has 0 unspecified atom stereocenters. The van der Waals surface area contributed by atoms with E-state index in [1.807, 2.05) is 6.92 Å². The highest BCUT2D eigenvalue weighted by Crippen LogP contribution is 2.25. The predicted octanol–water partition coefficient (Wildman–Crippen LogP) is 0.460. The van der Waals surface area contributed by atoms with Gasteiger partial charge in [-0.05, 0) is 6.42 Å². The lowest BCUT2D eigenvalue weighted by Crippen LogP contribution is -2.28. The van der Waals surface area contributed by atoms with Crippen LogP contribution in [0.15, 0.2) is 5.16 Å². The van der Waals surface area contributed by atoms with Crippen molar-refractivity contribution in [1.82, 2.24) is 14.8 Å². The van der Waals surface area contributed by atoms with Gasteiger partial charge in [0.1, 0.15) is 5.82 Å². The minimum absolute atomic E-state index is 0.0227. The molecule has 2 heterocycles. The molecule has 1 aromatic rings. The van der Waals surface area contributed by atoms with Crippen molar-refractivity contribution in [3.05, 3.63) is 5.82 Å². The zero-order valence-corrected chi connectivity index (χ0v) is 9.57. The quantitative estimate of drug-likeness (QED) is 0.725. The molecule has 16 heavy (non-hydrogen) atoms. The van der Waals surface area contributed by atoms with E-state index < -0.39 is 15.4 Å². The zero-order valence-electron chi connectivity index (χ0n) is 8.76. The first kappa shape index (κ1) is 11.5. The largest absolute Gasteiger partial charge is 0.380 e. The second kappa shape index (κ2) is 4.10. The normalized spacial score (nSPS) is 17.4. The molecule has 2 rings (SSSR count). The van der Waals surface area contributed by atoms with Gasteiger partial charge >= 0.3 is 10.2 Å². The Hall–Kier alpha value is -1.02. The minimum atomic E-state index is -4.80. The standard InChI is InChI=1S/C8H12FN3O3S/c1-2-3-12-7(6-4-15-5-6)10-11-8(12)16(9,13)14/h6H,2-5H2,1H3. The Labute approximate surface area is 92.6 Å². The number of hydrogen-bond donors (Lipinski definition) is 0. The van der Waals surface area contributed by atoms with Crippen molar-refractivity contribution in [2.24, 2.45) is 0 Å². The van der Waals surface area contributed by atoms with Gasteiger partial charge in [-0.1, -0.05) is 10.8 Å². The Kier molecular flexibility index (Phi) is 2.94. The Morgan fingerprint density at radius 1 is 1.50 bits per heavy atom. The van der Waals surface area contributed by atoms with Crippen molar-refractivity contribution in [3.8, 4) is 0 Å². The predicted molar refractivity (Wildman–Crippen MR) is 52.2 cm³/mol. The van der Waals surface area contributed by atoms with Gasteiger partial charge in [-0.25, -0.2) is 0 Å². The average Bonchev–Trinajstić information content (AvgIpc) is 2.46. The third-order valence-corrected chi connectivity index (χ3v) is 3.15. The maximum Gasteiger partial charge on any atom is 0.368 e. The highest BCUT2D eigenvalue weighted by atomic mass is 32.3. The van der Waals surface area contributed by atoms with E-state index in [2.05, 4.69) is 10.2 Å². The summed E-state index contributed by atoms with van der Waals surface area (Å²) in [5.74, 6) is 0.513. The lowest BCUT2D eigenvalue weighted by Gasteiger charge is -2.25. The topological polar surface area (TPSA) is 74.1 Å². The van der Waals surface area contributed by atoms with Crippen molar-refractivity contribution >= 4 is 10.2 Å². The van der Waals surface area contributed by atoms with Crippen molar-refractivity contribution in [2.75, 3.05) is 13.2 Å². The molecule has 6 nitrogen and oxygen atoms in total. The molecule has 1 aliphatic rings. The molecule has 90 valence electrons. The van der Waals surface area contributed by atoms with Crippen LogP contribution in [-0.4, -0.2) is 36.4 Å². The fourth-order valence-corrected chi connectivity index (χ4v) is 2.19. The van der Waals surface area contributed by atoms with Gasteiger partial charge in [0.05, 0.1) is 19.1 Å². The molecule has 1 fully saturated rings. The van der Waals surface area contributed by atoms with Crippen LogP contribution in [0.2, 0.25) is 0 Å². The number of ether oxygens (including phenoxy) is 1. The summed E-state index contributed by atoms with van der Waals surface area (Å²) >= 11 is 0. The Balaban J connectivity index is 2.42. The van der Waals surface area contributed by atoms with Crippen LogP contribution < -0.4 is 0 Å². The molecule has 1 saturated heterocycles. The smallest absolute Gasteiger partial charge is 0.368 e. The van der Waals surface area contributed by atoms with Crippen LogP contribution in [0.25, 0.3) is 0 Å². The Morgan fingerprint density at radius 3 is 2.62 bits per heavy atom. The van der Waals surface area contributed by atoms with Gasteiger partial charge in [0.2, 0.25) is 0 Å². The van der Waals surface area contributed by atoms with Crippen LogP contribution in [0.4, 0.5) is 3.89 Å². The summed E-state index contributed by atoms with van der Waals surface area (Å²) in [6.07, 6.45) is 0.682. The molecule has 8 heteroatoms. The summed E-state index contributed by atoms with van der Waals surface area (Å²) in [6, 6.07) is 0. The lowest BCUT2D eigenvalue weighted by molar-refractivity contribution is 0.00307. The van der Waals surface area contributed by atoms with E-state index in [4.69, 9.17) is 4.74 Å². The first-order chi connectivity index (χ1) is 7.54. The number of nitrogens with zero attached hydrogens (tertiary/aromatic N) is 3. The molecule has 1 aliphatic heterocycles. The number of halogens is 1. The van der Waals surface area contributed by atoms with Crippen LogP contribution in [0.3, 0.4) is 0 Å². The minimum Gasteiger partial charge on any atom is -0.380 e. The molecule has 1 aromatic heterocycles. The molecule has 0 atom stereocenters. The van der Waals surface area contributed by atoms with Crippen LogP contribution in [0.1, 0.15) is 25.1 Å². The van der Waals surface area contributed by atoms with E-state index in [9.17, 15) is 12.3 Å². The van der Waals surface area contributed by atoms with Crippen LogP contribution in [0, 0.1) is 0 Å². The van der Waals surface area contributed by atoms with Crippen molar-refractivity contribution in [1.29, 1.82) is 0 Å². The van der Waals surface area contributed by atoms with E-state index in [0.717, 1.165) is 0 Å². The van der Waals surface area contributed by atoms with Gasteiger partial charge in [-0.2, -0.15) is 8.42 Å². The van der Waals surface area contributed by atoms with Gasteiger partial charge < -0.3 is 4.74 Å². The molecule has 0 N–H and O–H groups in total. The second-order valence-corrected chi connectivity index (χ2v) is 4.91. The molecule has 0 bridgehead atoms. The number of rotatable bonds is 4. The summed E-state index contributed by atoms with van der Waals surface area (Å²) in [5, 5.41) is 6.54. The zero-order chi connectivity index (χ0) is 11.8. The molecule has 0 amide bonds. The van der Waals surface area contributed by atoms with Crippen LogP contribution in [-0.2, 0) is 21.5 Å². The van der Waals surface area contributed by atoms with Gasteiger partial charge in [0.25, 0.3) is 5.16 Å². The van der Waals surface area contributed by atoms with Crippen molar-refractivity contribution in [3.63, 3.8) is 0 Å². The summed E-state index contributed by atoms with van der Waals surface area (Å²) in [6.45, 7) is 3.22. The number of hydrogen-bond acceptors (Lipinski definition) is 5. The maximum atomic E-state index is 12.9. The van der Waals surface area contributed by atoms with E-state index >= 15 is 0 Å². The second-order valence-electron chi connectivity index (χ2n) is 3.66. The summed E-state index contributed by atoms with van der Waals surface area (Å²) in [5.41, 5.74) is 0. The fraction of sp³-hybridized carbons (Fsp3) is 0.750. The van der Waals surface area contributed by atoms with Gasteiger partial charge in [-0.15, -0.1) is 10.2 Å². The third-order valence-electron chi connectivity index (χ3n) is 2.41. The highest BCUT2D eigenvalue weighted by Gasteiger charge is 2.31. The van der Waals surface area contributed by atoms with Crippen LogP contribution >= 0.6 is 0 Å². The van der Waals surface area contributed by atoms with E-state index in [1.54, 1.807) is 0 Å². The summed E-state index contributed by atoms with van der Waals surface area (Å²) in [7, 11) is -4.80. The molecule has 0 radical (unpaired) electrons. The van der Waals surface area contributed by atoms with Gasteiger partial charge in [0, 0.05) is 6.54 Å². The highest BCUT2D eigenvalue weighted by molar-refractivity contribution is 7.86. The van der Waals surface area contributed by atoms with Gasteiger partial charge in [-0.3, -0.25) is 4.57 Å². The monoisotopic (exact) mass is 249 g/mol. The Bertz CT molecular complexity index is 481. The van der Waals surface area contributed by atoms with Crippen LogP contribution in [0.5, 0.6) is 0 Å². The SMILES string of the molecule is CCCn1c(C2COC2)nnc1S(=O)(=O)F. The van der Waals surface area contributed by atoms with Crippen molar-refractivity contribution in [2.45, 2.75) is 31.0 Å². The Morgan fingerprint density at radius 2 is 2.19 bits per heavy atom. The molecule has 0 aromatic carbocycles. The van der Waals surface area contributed by atoms with Gasteiger partial charge in [0.15, 0.2) is 0 Å². The lowest BCUT2D eigenvalue weighted by atomic mass is 10.1. The van der Waals surface area contributed by atoms with E-state index in [-0.39, 0.29) is 5.92 Å². The summed E-state index contributed by atoms with van der Waals surface area (Å²) in [4.78, 5) is 0. The molecule has 0 saturated carbocycles. The first-order valence-electron chi connectivity index (χ1n) is 4.99. The van der Waals surface area contributed by atoms with E-state index in [0.29, 0.717) is 32.0 Å². The molecular formula is C8H12FN3O3S. The third kappa shape index (κ3) is 1.94. The molecular weight excluding hydrogens is 237 g/mol. The first-order valence-corrected chi connectivity index (χ1v) is 6.38. The number of aromatic nitrogens is 3. The maximum absolute atomic E-state index is 12.9.